The summed E-state index contributed by atoms with van der Waals surface area (Å²) in [4.78, 5) is 31.5. The molecular weight excluding hydrogens is 418 g/mol. The van der Waals surface area contributed by atoms with Gasteiger partial charge in [-0.2, -0.15) is 0 Å². The van der Waals surface area contributed by atoms with Gasteiger partial charge < -0.3 is 20.2 Å². The number of halogens is 2. The van der Waals surface area contributed by atoms with Crippen molar-refractivity contribution in [2.45, 2.75) is 56.8 Å². The van der Waals surface area contributed by atoms with Crippen molar-refractivity contribution >= 4 is 11.8 Å². The molecule has 1 aromatic carbocycles. The van der Waals surface area contributed by atoms with E-state index < -0.39 is 17.7 Å². The molecule has 32 heavy (non-hydrogen) atoms. The number of likely N-dealkylation sites (tertiary alicyclic amines) is 2. The highest BCUT2D eigenvalue weighted by Crippen LogP contribution is 2.23. The second kappa shape index (κ2) is 10.2. The number of piperazine rings is 1. The van der Waals surface area contributed by atoms with Gasteiger partial charge in [0.1, 0.15) is 0 Å². The molecule has 0 bridgehead atoms. The zero-order valence-corrected chi connectivity index (χ0v) is 18.3. The summed E-state index contributed by atoms with van der Waals surface area (Å²) < 4.78 is 27.7. The van der Waals surface area contributed by atoms with Gasteiger partial charge in [0.2, 0.25) is 11.8 Å². The van der Waals surface area contributed by atoms with Crippen molar-refractivity contribution in [1.29, 1.82) is 0 Å². The van der Waals surface area contributed by atoms with E-state index in [1.54, 1.807) is 4.90 Å². The fourth-order valence-corrected chi connectivity index (χ4v) is 5.09. The summed E-state index contributed by atoms with van der Waals surface area (Å²) in [6.45, 7) is 4.06. The summed E-state index contributed by atoms with van der Waals surface area (Å²) in [5, 5.41) is 12.5. The molecule has 0 aromatic heterocycles. The molecule has 0 radical (unpaired) electrons. The van der Waals surface area contributed by atoms with Crippen LogP contribution in [0.4, 0.5) is 8.78 Å². The van der Waals surface area contributed by atoms with E-state index in [9.17, 15) is 23.5 Å². The highest BCUT2D eigenvalue weighted by molar-refractivity contribution is 5.88. The number of carbonyl (C=O) groups is 2. The second-order valence-electron chi connectivity index (χ2n) is 9.07. The topological polar surface area (TPSA) is 76.1 Å². The molecule has 2 N–H and O–H groups in total. The summed E-state index contributed by atoms with van der Waals surface area (Å²) in [6, 6.07) is 3.76. The first-order valence-corrected chi connectivity index (χ1v) is 11.6. The van der Waals surface area contributed by atoms with Gasteiger partial charge in [0.25, 0.3) is 0 Å². The number of carbonyl (C=O) groups excluding carboxylic acids is 2. The smallest absolute Gasteiger partial charge is 0.237 e. The lowest BCUT2D eigenvalue weighted by Crippen LogP contribution is -2.57. The maximum absolute atomic E-state index is 14.2. The van der Waals surface area contributed by atoms with E-state index in [4.69, 9.17) is 0 Å². The van der Waals surface area contributed by atoms with Gasteiger partial charge in [-0.1, -0.05) is 12.1 Å². The van der Waals surface area contributed by atoms with E-state index >= 15 is 0 Å². The van der Waals surface area contributed by atoms with Crippen molar-refractivity contribution in [1.82, 2.24) is 20.0 Å². The third-order valence-electron chi connectivity index (χ3n) is 7.05. The van der Waals surface area contributed by atoms with Crippen molar-refractivity contribution in [3.63, 3.8) is 0 Å². The maximum Gasteiger partial charge on any atom is 0.237 e. The van der Waals surface area contributed by atoms with Crippen molar-refractivity contribution < 1.29 is 23.5 Å². The highest BCUT2D eigenvalue weighted by atomic mass is 19.2. The van der Waals surface area contributed by atoms with Crippen LogP contribution in [0.5, 0.6) is 0 Å². The van der Waals surface area contributed by atoms with E-state index in [1.807, 2.05) is 4.90 Å². The average molecular weight is 451 g/mol. The molecule has 0 saturated carbocycles. The van der Waals surface area contributed by atoms with Crippen LogP contribution in [0.2, 0.25) is 0 Å². The Balaban J connectivity index is 1.33. The molecule has 1 unspecified atom stereocenters. The molecular formula is C23H32F2N4O3. The highest BCUT2D eigenvalue weighted by Gasteiger charge is 2.35. The van der Waals surface area contributed by atoms with Gasteiger partial charge in [-0.15, -0.1) is 0 Å². The van der Waals surface area contributed by atoms with Gasteiger partial charge in [-0.3, -0.25) is 14.5 Å². The lowest BCUT2D eigenvalue weighted by molar-refractivity contribution is -0.140. The summed E-state index contributed by atoms with van der Waals surface area (Å²) in [6.07, 6.45) is 3.21. The zero-order chi connectivity index (χ0) is 22.7. The van der Waals surface area contributed by atoms with Crippen LogP contribution in [-0.2, 0) is 16.1 Å². The molecule has 7 nitrogen and oxygen atoms in total. The number of nitrogens with one attached hydrogen (secondary N) is 1. The Morgan fingerprint density at radius 2 is 1.78 bits per heavy atom. The molecule has 1 atom stereocenters. The van der Waals surface area contributed by atoms with E-state index in [-0.39, 0.29) is 36.4 Å². The van der Waals surface area contributed by atoms with E-state index in [1.165, 1.54) is 12.1 Å². The second-order valence-corrected chi connectivity index (χ2v) is 9.07. The zero-order valence-electron chi connectivity index (χ0n) is 18.3. The summed E-state index contributed by atoms with van der Waals surface area (Å²) >= 11 is 0. The van der Waals surface area contributed by atoms with Crippen LogP contribution in [-0.4, -0.2) is 89.1 Å². The van der Waals surface area contributed by atoms with Gasteiger partial charge in [-0.05, 0) is 31.7 Å². The lowest BCUT2D eigenvalue weighted by atomic mass is 9.98. The third-order valence-corrected chi connectivity index (χ3v) is 7.05. The number of hydrogen-bond acceptors (Lipinski definition) is 5. The van der Waals surface area contributed by atoms with Crippen molar-refractivity contribution in [3.8, 4) is 0 Å². The van der Waals surface area contributed by atoms with Gasteiger partial charge in [-0.25, -0.2) is 8.78 Å². The van der Waals surface area contributed by atoms with Crippen LogP contribution in [0.15, 0.2) is 18.2 Å². The number of nitrogens with zero attached hydrogens (tertiary/aromatic N) is 3. The summed E-state index contributed by atoms with van der Waals surface area (Å²) in [7, 11) is 0. The number of aliphatic hydroxyl groups is 1. The third kappa shape index (κ3) is 5.27. The van der Waals surface area contributed by atoms with Crippen LogP contribution in [0.1, 0.15) is 37.7 Å². The molecule has 0 spiro atoms. The molecule has 9 heteroatoms. The fourth-order valence-electron chi connectivity index (χ4n) is 5.09. The Hall–Kier alpha value is -2.10. The predicted octanol–water partition coefficient (Wildman–Crippen LogP) is 1.10. The Morgan fingerprint density at radius 1 is 1.06 bits per heavy atom. The normalized spacial score (nSPS) is 24.5. The number of rotatable bonds is 5. The average Bonchev–Trinajstić information content (AvgIpc) is 2.80. The minimum Gasteiger partial charge on any atom is -0.393 e. The monoisotopic (exact) mass is 450 g/mol. The van der Waals surface area contributed by atoms with Crippen LogP contribution in [0, 0.1) is 11.6 Å². The summed E-state index contributed by atoms with van der Waals surface area (Å²) in [5.74, 6) is -2.15. The van der Waals surface area contributed by atoms with Crippen LogP contribution in [0.3, 0.4) is 0 Å². The molecule has 4 rings (SSSR count). The molecule has 1 aromatic rings. The Kier molecular flexibility index (Phi) is 7.37. The van der Waals surface area contributed by atoms with Crippen molar-refractivity contribution in [2.24, 2.45) is 0 Å². The molecule has 3 heterocycles. The van der Waals surface area contributed by atoms with Gasteiger partial charge in [0.15, 0.2) is 11.6 Å². The molecule has 176 valence electrons. The quantitative estimate of drug-likeness (QED) is 0.703. The van der Waals surface area contributed by atoms with Crippen LogP contribution >= 0.6 is 0 Å². The number of benzene rings is 1. The Labute approximate surface area is 187 Å². The van der Waals surface area contributed by atoms with Crippen molar-refractivity contribution in [3.05, 3.63) is 35.4 Å². The maximum atomic E-state index is 14.2. The van der Waals surface area contributed by atoms with Crippen molar-refractivity contribution in [2.75, 3.05) is 39.3 Å². The largest absolute Gasteiger partial charge is 0.393 e. The first-order valence-electron chi connectivity index (χ1n) is 11.6. The van der Waals surface area contributed by atoms with Gasteiger partial charge in [0.05, 0.1) is 18.6 Å². The predicted molar refractivity (Wildman–Crippen MR) is 115 cm³/mol. The number of piperidine rings is 2. The lowest BCUT2D eigenvalue weighted by Gasteiger charge is -2.41. The summed E-state index contributed by atoms with van der Waals surface area (Å²) in [5.41, 5.74) is 0.185. The number of amides is 2. The van der Waals surface area contributed by atoms with E-state index in [0.717, 1.165) is 44.8 Å². The first-order chi connectivity index (χ1) is 15.4. The fraction of sp³-hybridized carbons (Fsp3) is 0.652. The number of aliphatic hydroxyl groups excluding tert-OH is 1. The molecule has 3 aliphatic rings. The standard InChI is InChI=1S/C23H32F2N4O3/c24-19-3-1-2-16(22(19)25)15-29-13-8-26-23(32)20(29)14-21(31)28-9-4-17(5-10-28)27-11-6-18(30)7-12-27/h1-3,17-18,20,30H,4-15H2,(H,26,32). The Morgan fingerprint density at radius 3 is 2.50 bits per heavy atom. The Bertz CT molecular complexity index is 823. The number of hydrogen-bond donors (Lipinski definition) is 2. The van der Waals surface area contributed by atoms with Crippen LogP contribution < -0.4 is 5.32 Å². The molecule has 2 amide bonds. The van der Waals surface area contributed by atoms with E-state index in [0.29, 0.717) is 32.2 Å². The van der Waals surface area contributed by atoms with E-state index in [2.05, 4.69) is 10.2 Å². The van der Waals surface area contributed by atoms with Gasteiger partial charge in [0, 0.05) is 57.4 Å². The molecule has 3 aliphatic heterocycles. The minimum atomic E-state index is -0.914. The van der Waals surface area contributed by atoms with Gasteiger partial charge >= 0.3 is 0 Å². The SMILES string of the molecule is O=C1NCCN(Cc2cccc(F)c2F)C1CC(=O)N1CCC(N2CCC(O)CC2)CC1. The minimum absolute atomic E-state index is 0.0311. The molecule has 0 aliphatic carbocycles. The molecule has 3 fully saturated rings. The van der Waals surface area contributed by atoms with Crippen LogP contribution in [0.25, 0.3) is 0 Å². The molecule has 3 saturated heterocycles. The first kappa shape index (κ1) is 23.1.